The lowest BCUT2D eigenvalue weighted by Crippen LogP contribution is -2.07. The summed E-state index contributed by atoms with van der Waals surface area (Å²) in [6.45, 7) is 3.39. The van der Waals surface area contributed by atoms with Crippen LogP contribution in [0.3, 0.4) is 0 Å². The summed E-state index contributed by atoms with van der Waals surface area (Å²) in [7, 11) is 0. The number of carbonyl (C=O) groups excluding carboxylic acids is 1. The lowest BCUT2D eigenvalue weighted by molar-refractivity contribution is -0.114. The molecule has 0 saturated carbocycles. The Bertz CT molecular complexity index is 502. The van der Waals surface area contributed by atoms with Gasteiger partial charge in [0, 0.05) is 18.7 Å². The number of hydrogen-bond donors (Lipinski definition) is 1. The highest BCUT2D eigenvalue weighted by Crippen LogP contribution is 2.15. The van der Waals surface area contributed by atoms with E-state index in [1.165, 1.54) is 6.92 Å². The Balaban J connectivity index is 2.34. The van der Waals surface area contributed by atoms with Gasteiger partial charge in [-0.15, -0.1) is 5.10 Å². The summed E-state index contributed by atoms with van der Waals surface area (Å²) in [6.07, 6.45) is 1.89. The van der Waals surface area contributed by atoms with Crippen LogP contribution in [0.4, 0.5) is 5.82 Å². The second kappa shape index (κ2) is 4.18. The number of benzene rings is 1. The van der Waals surface area contributed by atoms with Gasteiger partial charge in [0.05, 0.1) is 5.69 Å². The highest BCUT2D eigenvalue weighted by molar-refractivity contribution is 5.88. The zero-order valence-electron chi connectivity index (χ0n) is 9.27. The summed E-state index contributed by atoms with van der Waals surface area (Å²) in [5, 5.41) is 7.00. The maximum Gasteiger partial charge on any atom is 0.222 e. The summed E-state index contributed by atoms with van der Waals surface area (Å²) in [5.41, 5.74) is 1.92. The molecule has 0 aliphatic rings. The largest absolute Gasteiger partial charge is 0.309 e. The number of para-hydroxylation sites is 1. The Kier molecular flexibility index (Phi) is 2.72. The van der Waals surface area contributed by atoms with Gasteiger partial charge in [0.15, 0.2) is 5.82 Å². The van der Waals surface area contributed by atoms with Gasteiger partial charge in [0.2, 0.25) is 5.91 Å². The average molecular weight is 215 g/mol. The van der Waals surface area contributed by atoms with E-state index in [-0.39, 0.29) is 5.91 Å². The number of amides is 1. The van der Waals surface area contributed by atoms with E-state index in [1.807, 2.05) is 43.5 Å². The van der Waals surface area contributed by atoms with Crippen LogP contribution in [0.15, 0.2) is 36.5 Å². The minimum Gasteiger partial charge on any atom is -0.309 e. The van der Waals surface area contributed by atoms with Crippen LogP contribution in [0.1, 0.15) is 12.5 Å². The molecule has 0 aliphatic heterocycles. The summed E-state index contributed by atoms with van der Waals surface area (Å²) >= 11 is 0. The number of nitrogens with zero attached hydrogens (tertiary/aromatic N) is 2. The minimum absolute atomic E-state index is 0.110. The zero-order chi connectivity index (χ0) is 11.5. The molecule has 0 saturated heterocycles. The molecule has 1 aromatic heterocycles. The van der Waals surface area contributed by atoms with E-state index in [9.17, 15) is 4.79 Å². The Labute approximate surface area is 93.9 Å². The molecule has 4 nitrogen and oxygen atoms in total. The third-order valence-electron chi connectivity index (χ3n) is 2.21. The zero-order valence-corrected chi connectivity index (χ0v) is 9.27. The molecule has 0 unspecified atom stereocenters. The molecular formula is C12H13N3O. The molecule has 0 fully saturated rings. The Morgan fingerprint density at radius 3 is 2.62 bits per heavy atom. The Morgan fingerprint density at radius 1 is 1.31 bits per heavy atom. The highest BCUT2D eigenvalue weighted by atomic mass is 16.1. The first-order chi connectivity index (χ1) is 7.66. The van der Waals surface area contributed by atoms with Crippen LogP contribution in [-0.4, -0.2) is 15.7 Å². The van der Waals surface area contributed by atoms with Crippen molar-refractivity contribution in [2.24, 2.45) is 0 Å². The first kappa shape index (κ1) is 10.4. The number of anilines is 1. The van der Waals surface area contributed by atoms with Crippen LogP contribution in [0.5, 0.6) is 0 Å². The van der Waals surface area contributed by atoms with Gasteiger partial charge in [0.1, 0.15) is 0 Å². The number of aromatic nitrogens is 2. The van der Waals surface area contributed by atoms with Crippen LogP contribution in [-0.2, 0) is 4.79 Å². The molecule has 0 aliphatic carbocycles. The molecule has 1 heterocycles. The number of hydrogen-bond acceptors (Lipinski definition) is 2. The van der Waals surface area contributed by atoms with Crippen molar-refractivity contribution in [3.8, 4) is 5.69 Å². The first-order valence-electron chi connectivity index (χ1n) is 5.06. The molecule has 0 spiro atoms. The van der Waals surface area contributed by atoms with Crippen molar-refractivity contribution < 1.29 is 4.79 Å². The molecule has 0 bridgehead atoms. The van der Waals surface area contributed by atoms with Gasteiger partial charge in [-0.05, 0) is 19.1 Å². The number of carbonyl (C=O) groups is 1. The standard InChI is InChI=1S/C12H13N3O/c1-9-8-15(11-6-4-3-5-7-11)14-12(9)13-10(2)16/h3-8H,1-2H3,(H,13,14,16). The van der Waals surface area contributed by atoms with E-state index in [0.29, 0.717) is 5.82 Å². The third-order valence-corrected chi connectivity index (χ3v) is 2.21. The molecule has 82 valence electrons. The van der Waals surface area contributed by atoms with Crippen molar-refractivity contribution in [3.63, 3.8) is 0 Å². The predicted molar refractivity (Wildman–Crippen MR) is 62.6 cm³/mol. The van der Waals surface area contributed by atoms with Crippen LogP contribution in [0.25, 0.3) is 5.69 Å². The molecule has 1 N–H and O–H groups in total. The quantitative estimate of drug-likeness (QED) is 0.834. The first-order valence-corrected chi connectivity index (χ1v) is 5.06. The Hall–Kier alpha value is -2.10. The van der Waals surface area contributed by atoms with Gasteiger partial charge in [0.25, 0.3) is 0 Å². The van der Waals surface area contributed by atoms with Gasteiger partial charge >= 0.3 is 0 Å². The van der Waals surface area contributed by atoms with Crippen molar-refractivity contribution in [2.75, 3.05) is 5.32 Å². The Morgan fingerprint density at radius 2 is 2.00 bits per heavy atom. The monoisotopic (exact) mass is 215 g/mol. The molecule has 2 aromatic rings. The lowest BCUT2D eigenvalue weighted by Gasteiger charge is -1.99. The molecule has 16 heavy (non-hydrogen) atoms. The van der Waals surface area contributed by atoms with Gasteiger partial charge < -0.3 is 5.32 Å². The van der Waals surface area contributed by atoms with Gasteiger partial charge in [-0.3, -0.25) is 4.79 Å². The average Bonchev–Trinajstić information content (AvgIpc) is 2.61. The maximum atomic E-state index is 11.0. The predicted octanol–water partition coefficient (Wildman–Crippen LogP) is 2.14. The summed E-state index contributed by atoms with van der Waals surface area (Å²) in [5.74, 6) is 0.498. The molecule has 1 amide bonds. The van der Waals surface area contributed by atoms with E-state index in [1.54, 1.807) is 4.68 Å². The van der Waals surface area contributed by atoms with Gasteiger partial charge in [-0.2, -0.15) is 0 Å². The second-order valence-corrected chi connectivity index (χ2v) is 3.62. The molecule has 1 aromatic carbocycles. The summed E-state index contributed by atoms with van der Waals surface area (Å²) in [4.78, 5) is 11.0. The van der Waals surface area contributed by atoms with Crippen molar-refractivity contribution in [2.45, 2.75) is 13.8 Å². The second-order valence-electron chi connectivity index (χ2n) is 3.62. The lowest BCUT2D eigenvalue weighted by atomic mass is 10.3. The highest BCUT2D eigenvalue weighted by Gasteiger charge is 2.06. The maximum absolute atomic E-state index is 11.0. The van der Waals surface area contributed by atoms with Crippen LogP contribution < -0.4 is 5.32 Å². The van der Waals surface area contributed by atoms with Crippen molar-refractivity contribution in [1.82, 2.24) is 9.78 Å². The fourth-order valence-electron chi connectivity index (χ4n) is 1.46. The van der Waals surface area contributed by atoms with Crippen LogP contribution in [0.2, 0.25) is 0 Å². The molecule has 0 radical (unpaired) electrons. The molecular weight excluding hydrogens is 202 g/mol. The smallest absolute Gasteiger partial charge is 0.222 e. The van der Waals surface area contributed by atoms with Gasteiger partial charge in [-0.1, -0.05) is 18.2 Å². The number of aryl methyl sites for hydroxylation is 1. The van der Waals surface area contributed by atoms with E-state index < -0.39 is 0 Å². The summed E-state index contributed by atoms with van der Waals surface area (Å²) < 4.78 is 1.75. The van der Waals surface area contributed by atoms with E-state index in [2.05, 4.69) is 10.4 Å². The third kappa shape index (κ3) is 2.11. The van der Waals surface area contributed by atoms with Crippen molar-refractivity contribution in [3.05, 3.63) is 42.1 Å². The molecule has 4 heteroatoms. The fraction of sp³-hybridized carbons (Fsp3) is 0.167. The molecule has 0 atom stereocenters. The number of nitrogens with one attached hydrogen (secondary N) is 1. The van der Waals surface area contributed by atoms with Crippen LogP contribution >= 0.6 is 0 Å². The normalized spacial score (nSPS) is 10.1. The van der Waals surface area contributed by atoms with Crippen molar-refractivity contribution >= 4 is 11.7 Å². The molecule has 2 rings (SSSR count). The SMILES string of the molecule is CC(=O)Nc1nn(-c2ccccc2)cc1C. The fourth-order valence-corrected chi connectivity index (χ4v) is 1.46. The number of rotatable bonds is 2. The topological polar surface area (TPSA) is 46.9 Å². The van der Waals surface area contributed by atoms with Crippen LogP contribution in [0, 0.1) is 6.92 Å². The summed E-state index contributed by atoms with van der Waals surface area (Å²) in [6, 6.07) is 9.78. The van der Waals surface area contributed by atoms with E-state index >= 15 is 0 Å². The van der Waals surface area contributed by atoms with E-state index in [4.69, 9.17) is 0 Å². The van der Waals surface area contributed by atoms with Gasteiger partial charge in [-0.25, -0.2) is 4.68 Å². The van der Waals surface area contributed by atoms with Crippen molar-refractivity contribution in [1.29, 1.82) is 0 Å². The van der Waals surface area contributed by atoms with E-state index in [0.717, 1.165) is 11.3 Å². The minimum atomic E-state index is -0.110.